The molecule has 25 heavy (non-hydrogen) atoms. The Kier molecular flexibility index (Phi) is 3.83. The Morgan fingerprint density at radius 3 is 2.64 bits per heavy atom. The monoisotopic (exact) mass is 366 g/mol. The van der Waals surface area contributed by atoms with Crippen LogP contribution in [0.25, 0.3) is 0 Å². The Morgan fingerprint density at radius 1 is 1.20 bits per heavy atom. The number of aliphatic hydroxyl groups is 1. The maximum Gasteiger partial charge on any atom is 0.347 e. The second kappa shape index (κ2) is 5.50. The fraction of sp³-hybridized carbons (Fsp3) is 0.750. The van der Waals surface area contributed by atoms with E-state index in [2.05, 4.69) is 13.8 Å². The molecule has 4 nitrogen and oxygen atoms in total. The molecule has 0 unspecified atom stereocenters. The number of ether oxygens (including phenoxy) is 1. The normalized spacial score (nSPS) is 47.8. The average molecular weight is 367 g/mol. The Hall–Kier alpha value is -1.00. The van der Waals surface area contributed by atoms with Gasteiger partial charge in [0.1, 0.15) is 5.03 Å². The van der Waals surface area contributed by atoms with Gasteiger partial charge in [0.15, 0.2) is 0 Å². The number of rotatable bonds is 1. The van der Waals surface area contributed by atoms with Gasteiger partial charge in [0.25, 0.3) is 0 Å². The molecule has 0 aromatic rings. The van der Waals surface area contributed by atoms with Crippen LogP contribution in [0.3, 0.4) is 0 Å². The molecule has 0 saturated heterocycles. The molecule has 5 atom stereocenters. The highest BCUT2D eigenvalue weighted by Crippen LogP contribution is 2.68. The molecule has 5 heteroatoms. The third-order valence-electron chi connectivity index (χ3n) is 8.12. The summed E-state index contributed by atoms with van der Waals surface area (Å²) in [5, 5.41) is 21.2. The molecule has 0 aromatic heterocycles. The fourth-order valence-corrected chi connectivity index (χ4v) is 6.86. The van der Waals surface area contributed by atoms with Crippen LogP contribution in [0.2, 0.25) is 0 Å². The lowest BCUT2D eigenvalue weighted by atomic mass is 9.45. The van der Waals surface area contributed by atoms with Crippen LogP contribution in [0.4, 0.5) is 0 Å². The van der Waals surface area contributed by atoms with Gasteiger partial charge in [0.05, 0.1) is 18.5 Å². The summed E-state index contributed by atoms with van der Waals surface area (Å²) in [6.07, 6.45) is 7.80. The predicted octanol–water partition coefficient (Wildman–Crippen LogP) is 4.23. The fourth-order valence-electron chi connectivity index (χ4n) is 6.55. The highest BCUT2D eigenvalue weighted by atomic mass is 35.5. The van der Waals surface area contributed by atoms with Crippen molar-refractivity contribution in [3.05, 3.63) is 22.4 Å². The van der Waals surface area contributed by atoms with Crippen molar-refractivity contribution in [1.29, 1.82) is 0 Å². The molecule has 2 N–H and O–H groups in total. The van der Waals surface area contributed by atoms with Crippen LogP contribution in [-0.4, -0.2) is 28.4 Å². The molecule has 4 rings (SSSR count). The van der Waals surface area contributed by atoms with Crippen LogP contribution >= 0.6 is 11.6 Å². The maximum atomic E-state index is 11.9. The number of allylic oxidation sites excluding steroid dienone is 1. The molecule has 0 bridgehead atoms. The second-order valence-electron chi connectivity index (χ2n) is 8.83. The largest absolute Gasteiger partial charge is 0.501 e. The van der Waals surface area contributed by atoms with Crippen molar-refractivity contribution in [3.63, 3.8) is 0 Å². The molecule has 1 aliphatic heterocycles. The van der Waals surface area contributed by atoms with E-state index in [9.17, 15) is 15.0 Å². The second-order valence-corrected chi connectivity index (χ2v) is 9.20. The molecule has 0 radical (unpaired) electrons. The van der Waals surface area contributed by atoms with E-state index in [4.69, 9.17) is 16.3 Å². The Labute approximate surface area is 153 Å². The van der Waals surface area contributed by atoms with Crippen LogP contribution in [0.5, 0.6) is 0 Å². The van der Waals surface area contributed by atoms with E-state index in [0.29, 0.717) is 18.9 Å². The van der Waals surface area contributed by atoms with Gasteiger partial charge in [-0.05, 0) is 73.3 Å². The first-order chi connectivity index (χ1) is 11.7. The van der Waals surface area contributed by atoms with Gasteiger partial charge in [-0.1, -0.05) is 25.4 Å². The minimum absolute atomic E-state index is 0.00381. The van der Waals surface area contributed by atoms with Crippen molar-refractivity contribution in [3.8, 4) is 0 Å². The molecule has 3 fully saturated rings. The number of carboxylic acid groups (broad SMARTS) is 1. The predicted molar refractivity (Wildman–Crippen MR) is 95.0 cm³/mol. The number of halogens is 1. The highest BCUT2D eigenvalue weighted by molar-refractivity contribution is 6.41. The van der Waals surface area contributed by atoms with Gasteiger partial charge in [-0.25, -0.2) is 4.79 Å². The first kappa shape index (κ1) is 17.4. The summed E-state index contributed by atoms with van der Waals surface area (Å²) in [4.78, 5) is 11.4. The van der Waals surface area contributed by atoms with Crippen molar-refractivity contribution >= 4 is 17.6 Å². The minimum Gasteiger partial charge on any atom is -0.501 e. The Bertz CT molecular complexity index is 683. The Morgan fingerprint density at radius 2 is 1.92 bits per heavy atom. The van der Waals surface area contributed by atoms with Crippen molar-refractivity contribution in [2.24, 2.45) is 22.7 Å². The van der Waals surface area contributed by atoms with Gasteiger partial charge in [0, 0.05) is 5.41 Å². The lowest BCUT2D eigenvalue weighted by molar-refractivity contribution is -0.188. The molecule has 0 aromatic carbocycles. The van der Waals surface area contributed by atoms with Crippen LogP contribution in [-0.2, 0) is 9.53 Å². The molecular weight excluding hydrogens is 340 g/mol. The van der Waals surface area contributed by atoms with Crippen LogP contribution in [0.1, 0.15) is 58.8 Å². The van der Waals surface area contributed by atoms with E-state index in [1.165, 1.54) is 5.57 Å². The van der Waals surface area contributed by atoms with E-state index in [1.807, 2.05) is 6.26 Å². The summed E-state index contributed by atoms with van der Waals surface area (Å²) in [5.41, 5.74) is 0.995. The minimum atomic E-state index is -1.02. The number of hydrogen-bond acceptors (Lipinski definition) is 3. The van der Waals surface area contributed by atoms with Crippen LogP contribution in [0, 0.1) is 22.7 Å². The summed E-state index contributed by atoms with van der Waals surface area (Å²) in [5.74, 6) is -0.525. The van der Waals surface area contributed by atoms with Gasteiger partial charge in [-0.3, -0.25) is 0 Å². The average Bonchev–Trinajstić information content (AvgIpc) is 2.92. The van der Waals surface area contributed by atoms with Crippen molar-refractivity contribution in [2.45, 2.75) is 64.4 Å². The smallest absolute Gasteiger partial charge is 0.347 e. The summed E-state index contributed by atoms with van der Waals surface area (Å²) in [6, 6.07) is 0. The summed E-state index contributed by atoms with van der Waals surface area (Å²) < 4.78 is 5.55. The van der Waals surface area contributed by atoms with Gasteiger partial charge >= 0.3 is 5.97 Å². The Balaban J connectivity index is 1.75. The highest BCUT2D eigenvalue weighted by Gasteiger charge is 2.65. The summed E-state index contributed by atoms with van der Waals surface area (Å²) in [6.45, 7) is 5.03. The first-order valence-electron chi connectivity index (χ1n) is 9.40. The third kappa shape index (κ3) is 2.13. The number of carboxylic acids is 1. The molecule has 138 valence electrons. The van der Waals surface area contributed by atoms with E-state index < -0.39 is 11.6 Å². The van der Waals surface area contributed by atoms with Crippen molar-refractivity contribution in [1.82, 2.24) is 0 Å². The SMILES string of the molecule is C[C@]12CCOC=C1CC[C@H]1[C@@H]3CCC(=C(Cl)C(=O)O)[C@@]3(C)CC[C@@]12O. The van der Waals surface area contributed by atoms with Crippen LogP contribution < -0.4 is 0 Å². The molecular formula is C20H27ClO4. The lowest BCUT2D eigenvalue weighted by Gasteiger charge is -2.62. The van der Waals surface area contributed by atoms with Gasteiger partial charge in [0.2, 0.25) is 0 Å². The maximum absolute atomic E-state index is 11.9. The van der Waals surface area contributed by atoms with E-state index in [1.54, 1.807) is 0 Å². The van der Waals surface area contributed by atoms with E-state index in [0.717, 1.165) is 44.1 Å². The molecule has 4 aliphatic rings. The standard InChI is InChI=1S/C20H27ClO4/c1-18-7-8-20(24)14(4-3-12-11-25-10-9-19(12,20)2)13(18)5-6-15(18)16(21)17(22)23/h11,13-14,24H,3-10H2,1-2H3,(H,22,23)/t13-,14-,18-,19-,20+/m0/s1. The van der Waals surface area contributed by atoms with E-state index >= 15 is 0 Å². The zero-order valence-corrected chi connectivity index (χ0v) is 15.7. The summed E-state index contributed by atoms with van der Waals surface area (Å²) >= 11 is 6.17. The number of aliphatic carboxylic acids is 1. The molecule has 0 amide bonds. The first-order valence-corrected chi connectivity index (χ1v) is 9.78. The molecule has 3 saturated carbocycles. The number of fused-ring (bicyclic) bond motifs is 5. The zero-order chi connectivity index (χ0) is 18.0. The number of carbonyl (C=O) groups is 1. The topological polar surface area (TPSA) is 66.8 Å². The van der Waals surface area contributed by atoms with E-state index in [-0.39, 0.29) is 21.8 Å². The third-order valence-corrected chi connectivity index (χ3v) is 8.51. The zero-order valence-electron chi connectivity index (χ0n) is 15.0. The van der Waals surface area contributed by atoms with Gasteiger partial charge in [-0.15, -0.1) is 0 Å². The summed E-state index contributed by atoms with van der Waals surface area (Å²) in [7, 11) is 0. The van der Waals surface area contributed by atoms with Gasteiger partial charge in [-0.2, -0.15) is 0 Å². The quantitative estimate of drug-likeness (QED) is 0.681. The molecule has 1 heterocycles. The van der Waals surface area contributed by atoms with Crippen LogP contribution in [0.15, 0.2) is 22.4 Å². The van der Waals surface area contributed by atoms with Crippen molar-refractivity contribution in [2.75, 3.05) is 6.61 Å². The van der Waals surface area contributed by atoms with Gasteiger partial charge < -0.3 is 14.9 Å². The lowest BCUT2D eigenvalue weighted by Crippen LogP contribution is -2.62. The molecule has 3 aliphatic carbocycles. The number of hydrogen-bond donors (Lipinski definition) is 2. The van der Waals surface area contributed by atoms with Crippen molar-refractivity contribution < 1.29 is 19.7 Å². The molecule has 0 spiro atoms.